The third-order valence-electron chi connectivity index (χ3n) is 3.22. The minimum Gasteiger partial charge on any atom is -0.383 e. The molecule has 0 spiro atoms. The minimum absolute atomic E-state index is 0.0814. The van der Waals surface area contributed by atoms with E-state index in [0.29, 0.717) is 5.92 Å². The lowest BCUT2D eigenvalue weighted by Crippen LogP contribution is -2.27. The first-order valence-electron chi connectivity index (χ1n) is 7.52. The van der Waals surface area contributed by atoms with Gasteiger partial charge in [0.1, 0.15) is 0 Å². The zero-order valence-electron chi connectivity index (χ0n) is 13.6. The Kier molecular flexibility index (Phi) is 8.49. The van der Waals surface area contributed by atoms with Crippen LogP contribution in [-0.4, -0.2) is 39.0 Å². The molecule has 3 nitrogen and oxygen atoms in total. The number of benzene rings is 1. The quantitative estimate of drug-likeness (QED) is 0.678. The fourth-order valence-electron chi connectivity index (χ4n) is 2.13. The number of nitrogens with one attached hydrogen (secondary N) is 1. The largest absolute Gasteiger partial charge is 0.383 e. The van der Waals surface area contributed by atoms with E-state index in [1.54, 1.807) is 7.11 Å². The molecule has 1 atom stereocenters. The standard InChI is InChI=1S/C17H28BrNO2/c1-17(2,3)21-11-9-14(13-19-10-12-20-4)15-7-5-6-8-16(15)18/h5-8,14,19H,9-13H2,1-4H3. The molecule has 120 valence electrons. The molecule has 0 radical (unpaired) electrons. The Balaban J connectivity index is 2.59. The first-order valence-corrected chi connectivity index (χ1v) is 8.31. The van der Waals surface area contributed by atoms with E-state index in [2.05, 4.69) is 66.3 Å². The molecule has 1 aromatic rings. The molecule has 0 amide bonds. The molecule has 21 heavy (non-hydrogen) atoms. The molecule has 0 aromatic heterocycles. The maximum absolute atomic E-state index is 5.88. The van der Waals surface area contributed by atoms with Crippen molar-refractivity contribution in [2.45, 2.75) is 38.7 Å². The van der Waals surface area contributed by atoms with Gasteiger partial charge in [-0.2, -0.15) is 0 Å². The van der Waals surface area contributed by atoms with Gasteiger partial charge < -0.3 is 14.8 Å². The van der Waals surface area contributed by atoms with E-state index < -0.39 is 0 Å². The van der Waals surface area contributed by atoms with Gasteiger partial charge in [-0.15, -0.1) is 0 Å². The zero-order valence-corrected chi connectivity index (χ0v) is 15.2. The molecule has 0 saturated carbocycles. The Bertz CT molecular complexity index is 404. The molecular weight excluding hydrogens is 330 g/mol. The molecule has 1 rings (SSSR count). The summed E-state index contributed by atoms with van der Waals surface area (Å²) in [6, 6.07) is 8.42. The average molecular weight is 358 g/mol. The van der Waals surface area contributed by atoms with E-state index in [1.165, 1.54) is 10.0 Å². The van der Waals surface area contributed by atoms with Crippen LogP contribution >= 0.6 is 15.9 Å². The van der Waals surface area contributed by atoms with Gasteiger partial charge in [0.05, 0.1) is 12.2 Å². The van der Waals surface area contributed by atoms with Crippen molar-refractivity contribution in [2.24, 2.45) is 0 Å². The molecular formula is C17H28BrNO2. The van der Waals surface area contributed by atoms with Crippen molar-refractivity contribution < 1.29 is 9.47 Å². The van der Waals surface area contributed by atoms with Gasteiger partial charge in [-0.1, -0.05) is 34.1 Å². The van der Waals surface area contributed by atoms with E-state index in [4.69, 9.17) is 9.47 Å². The maximum atomic E-state index is 5.88. The molecule has 0 saturated heterocycles. The Hall–Kier alpha value is -0.420. The molecule has 1 N–H and O–H groups in total. The van der Waals surface area contributed by atoms with Gasteiger partial charge in [-0.25, -0.2) is 0 Å². The highest BCUT2D eigenvalue weighted by atomic mass is 79.9. The highest BCUT2D eigenvalue weighted by molar-refractivity contribution is 9.10. The summed E-state index contributed by atoms with van der Waals surface area (Å²) in [5, 5.41) is 3.46. The Labute approximate surface area is 137 Å². The minimum atomic E-state index is -0.0814. The van der Waals surface area contributed by atoms with E-state index in [9.17, 15) is 0 Å². The van der Waals surface area contributed by atoms with Crippen LogP contribution in [0.2, 0.25) is 0 Å². The summed E-state index contributed by atoms with van der Waals surface area (Å²) in [6.07, 6.45) is 1.000. The van der Waals surface area contributed by atoms with E-state index in [1.807, 2.05) is 0 Å². The molecule has 0 aliphatic carbocycles. The van der Waals surface area contributed by atoms with Gasteiger partial charge in [0.15, 0.2) is 0 Å². The van der Waals surface area contributed by atoms with Crippen LogP contribution < -0.4 is 5.32 Å². The molecule has 1 unspecified atom stereocenters. The van der Waals surface area contributed by atoms with Crippen LogP contribution in [0.15, 0.2) is 28.7 Å². The van der Waals surface area contributed by atoms with Gasteiger partial charge in [-0.05, 0) is 44.7 Å². The Morgan fingerprint density at radius 1 is 1.19 bits per heavy atom. The summed E-state index contributed by atoms with van der Waals surface area (Å²) in [6.45, 7) is 9.59. The van der Waals surface area contributed by atoms with Gasteiger partial charge >= 0.3 is 0 Å². The summed E-state index contributed by atoms with van der Waals surface area (Å²) < 4.78 is 12.1. The van der Waals surface area contributed by atoms with Crippen LogP contribution in [-0.2, 0) is 9.47 Å². The van der Waals surface area contributed by atoms with Crippen molar-refractivity contribution in [1.82, 2.24) is 5.32 Å². The highest BCUT2D eigenvalue weighted by Gasteiger charge is 2.16. The number of ether oxygens (including phenoxy) is 2. The highest BCUT2D eigenvalue weighted by Crippen LogP contribution is 2.27. The normalized spacial score (nSPS) is 13.4. The predicted molar refractivity (Wildman–Crippen MR) is 92.0 cm³/mol. The molecule has 4 heteroatoms. The molecule has 0 heterocycles. The molecule has 0 fully saturated rings. The number of hydrogen-bond acceptors (Lipinski definition) is 3. The maximum Gasteiger partial charge on any atom is 0.0598 e. The predicted octanol–water partition coefficient (Wildman–Crippen LogP) is 3.97. The third kappa shape index (κ3) is 7.96. The lowest BCUT2D eigenvalue weighted by atomic mass is 9.96. The lowest BCUT2D eigenvalue weighted by molar-refractivity contribution is -0.00627. The lowest BCUT2D eigenvalue weighted by Gasteiger charge is -2.23. The second-order valence-corrected chi connectivity index (χ2v) is 7.02. The van der Waals surface area contributed by atoms with Crippen molar-refractivity contribution in [3.8, 4) is 0 Å². The topological polar surface area (TPSA) is 30.5 Å². The van der Waals surface area contributed by atoms with Crippen LogP contribution in [0.3, 0.4) is 0 Å². The van der Waals surface area contributed by atoms with Crippen molar-refractivity contribution in [3.63, 3.8) is 0 Å². The summed E-state index contributed by atoms with van der Waals surface area (Å²) in [5.41, 5.74) is 1.25. The van der Waals surface area contributed by atoms with Crippen LogP contribution in [0.1, 0.15) is 38.7 Å². The van der Waals surface area contributed by atoms with Gasteiger partial charge in [-0.3, -0.25) is 0 Å². The average Bonchev–Trinajstić information content (AvgIpc) is 2.41. The summed E-state index contributed by atoms with van der Waals surface area (Å²) in [7, 11) is 1.73. The van der Waals surface area contributed by atoms with Gasteiger partial charge in [0, 0.05) is 31.3 Å². The first-order chi connectivity index (χ1) is 9.94. The summed E-state index contributed by atoms with van der Waals surface area (Å²) in [4.78, 5) is 0. The van der Waals surface area contributed by atoms with Gasteiger partial charge in [0.2, 0.25) is 0 Å². The Morgan fingerprint density at radius 3 is 2.52 bits per heavy atom. The number of methoxy groups -OCH3 is 1. The SMILES string of the molecule is COCCNCC(CCOC(C)(C)C)c1ccccc1Br. The number of hydrogen-bond donors (Lipinski definition) is 1. The molecule has 1 aromatic carbocycles. The fraction of sp³-hybridized carbons (Fsp3) is 0.647. The van der Waals surface area contributed by atoms with E-state index in [0.717, 1.165) is 32.7 Å². The second-order valence-electron chi connectivity index (χ2n) is 6.16. The molecule has 0 aliphatic rings. The van der Waals surface area contributed by atoms with Crippen LogP contribution in [0.4, 0.5) is 0 Å². The number of rotatable bonds is 9. The van der Waals surface area contributed by atoms with Crippen molar-refractivity contribution in [1.29, 1.82) is 0 Å². The van der Waals surface area contributed by atoms with E-state index in [-0.39, 0.29) is 5.60 Å². The zero-order chi connectivity index (χ0) is 15.7. The van der Waals surface area contributed by atoms with Crippen molar-refractivity contribution >= 4 is 15.9 Å². The molecule has 0 bridgehead atoms. The van der Waals surface area contributed by atoms with Crippen LogP contribution in [0, 0.1) is 0 Å². The number of halogens is 1. The molecule has 0 aliphatic heterocycles. The summed E-state index contributed by atoms with van der Waals surface area (Å²) >= 11 is 3.66. The summed E-state index contributed by atoms with van der Waals surface area (Å²) in [5.74, 6) is 0.430. The van der Waals surface area contributed by atoms with Crippen molar-refractivity contribution in [3.05, 3.63) is 34.3 Å². The van der Waals surface area contributed by atoms with E-state index >= 15 is 0 Å². The monoisotopic (exact) mass is 357 g/mol. The third-order valence-corrected chi connectivity index (χ3v) is 3.94. The smallest absolute Gasteiger partial charge is 0.0598 e. The van der Waals surface area contributed by atoms with Crippen molar-refractivity contribution in [2.75, 3.05) is 33.4 Å². The first kappa shape index (κ1) is 18.6. The fourth-order valence-corrected chi connectivity index (χ4v) is 2.74. The Morgan fingerprint density at radius 2 is 1.90 bits per heavy atom. The van der Waals surface area contributed by atoms with Crippen LogP contribution in [0.25, 0.3) is 0 Å². The second kappa shape index (κ2) is 9.57. The van der Waals surface area contributed by atoms with Gasteiger partial charge in [0.25, 0.3) is 0 Å². The van der Waals surface area contributed by atoms with Crippen LogP contribution in [0.5, 0.6) is 0 Å².